The summed E-state index contributed by atoms with van der Waals surface area (Å²) in [4.78, 5) is 25.2. The smallest absolute Gasteiger partial charge is 0.407 e. The Morgan fingerprint density at radius 3 is 2.24 bits per heavy atom. The number of aromatic nitrogens is 1. The molecule has 0 spiro atoms. The molecule has 9 nitrogen and oxygen atoms in total. The third-order valence-electron chi connectivity index (χ3n) is 7.37. The van der Waals surface area contributed by atoms with E-state index in [4.69, 9.17) is 14.2 Å². The van der Waals surface area contributed by atoms with E-state index in [1.165, 1.54) is 0 Å². The lowest BCUT2D eigenvalue weighted by Gasteiger charge is -2.24. The van der Waals surface area contributed by atoms with Gasteiger partial charge in [0, 0.05) is 29.4 Å². The number of carbonyl (C=O) groups is 2. The van der Waals surface area contributed by atoms with E-state index in [0.717, 1.165) is 33.2 Å². The maximum absolute atomic E-state index is 12.9. The van der Waals surface area contributed by atoms with Gasteiger partial charge in [-0.15, -0.1) is 0 Å². The van der Waals surface area contributed by atoms with Crippen LogP contribution in [0.25, 0.3) is 22.0 Å². The molecule has 0 bridgehead atoms. The van der Waals surface area contributed by atoms with Crippen LogP contribution in [0, 0.1) is 0 Å². The molecule has 0 aliphatic heterocycles. The number of methoxy groups -OCH3 is 1. The highest BCUT2D eigenvalue weighted by Gasteiger charge is 2.30. The van der Waals surface area contributed by atoms with Crippen molar-refractivity contribution < 1.29 is 34.0 Å². The fraction of sp³-hybridized carbons (Fsp3) is 0.333. The Labute approximate surface area is 244 Å². The van der Waals surface area contributed by atoms with Crippen molar-refractivity contribution in [3.8, 4) is 16.9 Å². The number of carboxylic acid groups (broad SMARTS) is 1. The standard InChI is InChI=1S/C33H36N2O7/c1-33(2,3)42-30(36)18-35-17-20(26-16-21(40-4)13-14-29(26)35)15-28(31(37)38)34-32(39)41-19-27-24-11-7-5-9-22(24)23-10-6-8-12-25(23)27/h5-14,16-17,27-28,30,36H,15,18-19H2,1-4H3,(H,34,39)(H,37,38)/t28-,30-/m0/s1. The first-order valence-corrected chi connectivity index (χ1v) is 13.9. The van der Waals surface area contributed by atoms with Gasteiger partial charge >= 0.3 is 12.1 Å². The summed E-state index contributed by atoms with van der Waals surface area (Å²) in [7, 11) is 1.55. The highest BCUT2D eigenvalue weighted by atomic mass is 16.6. The minimum Gasteiger partial charge on any atom is -0.497 e. The number of ether oxygens (including phenoxy) is 3. The Morgan fingerprint density at radius 1 is 1.00 bits per heavy atom. The number of nitrogens with one attached hydrogen (secondary N) is 1. The summed E-state index contributed by atoms with van der Waals surface area (Å²) < 4.78 is 18.5. The van der Waals surface area contributed by atoms with Crippen LogP contribution >= 0.6 is 0 Å². The third kappa shape index (κ3) is 6.27. The number of hydrogen-bond acceptors (Lipinski definition) is 6. The zero-order chi connectivity index (χ0) is 30.0. The minimum atomic E-state index is -1.25. The topological polar surface area (TPSA) is 119 Å². The van der Waals surface area contributed by atoms with Gasteiger partial charge in [0.05, 0.1) is 19.3 Å². The molecule has 0 radical (unpaired) electrons. The monoisotopic (exact) mass is 572 g/mol. The van der Waals surface area contributed by atoms with E-state index in [0.29, 0.717) is 11.3 Å². The first kappa shape index (κ1) is 29.2. The molecule has 1 aliphatic carbocycles. The lowest BCUT2D eigenvalue weighted by Crippen LogP contribution is -2.42. The number of aliphatic hydroxyl groups excluding tert-OH is 1. The van der Waals surface area contributed by atoms with Gasteiger partial charge in [-0.2, -0.15) is 0 Å². The van der Waals surface area contributed by atoms with Gasteiger partial charge in [0.1, 0.15) is 18.4 Å². The second-order valence-corrected chi connectivity index (χ2v) is 11.4. The lowest BCUT2D eigenvalue weighted by molar-refractivity contribution is -0.171. The molecule has 1 heterocycles. The zero-order valence-corrected chi connectivity index (χ0v) is 24.2. The predicted molar refractivity (Wildman–Crippen MR) is 159 cm³/mol. The number of aliphatic carboxylic acids is 1. The Kier molecular flexibility index (Phi) is 8.24. The van der Waals surface area contributed by atoms with Crippen molar-refractivity contribution in [2.75, 3.05) is 13.7 Å². The highest BCUT2D eigenvalue weighted by Crippen LogP contribution is 2.44. The number of alkyl carbamates (subject to hydrolysis) is 1. The number of nitrogens with zero attached hydrogens (tertiary/aromatic N) is 1. The van der Waals surface area contributed by atoms with Gasteiger partial charge in [0.15, 0.2) is 6.29 Å². The van der Waals surface area contributed by atoms with E-state index in [2.05, 4.69) is 5.32 Å². The van der Waals surface area contributed by atoms with Crippen molar-refractivity contribution in [3.63, 3.8) is 0 Å². The number of aliphatic hydroxyl groups is 1. The van der Waals surface area contributed by atoms with Crippen molar-refractivity contribution in [2.45, 2.75) is 57.6 Å². The number of benzene rings is 3. The molecule has 1 aromatic heterocycles. The fourth-order valence-electron chi connectivity index (χ4n) is 5.61. The van der Waals surface area contributed by atoms with Crippen LogP contribution in [0.4, 0.5) is 4.79 Å². The largest absolute Gasteiger partial charge is 0.497 e. The molecule has 4 aromatic rings. The summed E-state index contributed by atoms with van der Waals surface area (Å²) in [5.74, 6) is -0.730. The average molecular weight is 573 g/mol. The zero-order valence-electron chi connectivity index (χ0n) is 24.2. The summed E-state index contributed by atoms with van der Waals surface area (Å²) in [6.07, 6.45) is -0.120. The van der Waals surface area contributed by atoms with Gasteiger partial charge in [0.2, 0.25) is 0 Å². The number of rotatable bonds is 10. The molecule has 0 saturated heterocycles. The predicted octanol–water partition coefficient (Wildman–Crippen LogP) is 5.32. The van der Waals surface area contributed by atoms with Gasteiger partial charge in [-0.3, -0.25) is 0 Å². The van der Waals surface area contributed by atoms with Crippen LogP contribution in [0.2, 0.25) is 0 Å². The summed E-state index contributed by atoms with van der Waals surface area (Å²) in [6.45, 7) is 5.78. The molecule has 5 rings (SSSR count). The summed E-state index contributed by atoms with van der Waals surface area (Å²) in [5.41, 5.74) is 5.24. The lowest BCUT2D eigenvalue weighted by atomic mass is 9.98. The fourth-order valence-corrected chi connectivity index (χ4v) is 5.61. The maximum atomic E-state index is 12.9. The molecule has 0 saturated carbocycles. The van der Waals surface area contributed by atoms with E-state index < -0.39 is 30.0 Å². The van der Waals surface area contributed by atoms with Crippen LogP contribution in [0.3, 0.4) is 0 Å². The van der Waals surface area contributed by atoms with E-state index in [1.54, 1.807) is 19.4 Å². The van der Waals surface area contributed by atoms with Gasteiger partial charge in [0.25, 0.3) is 0 Å². The van der Waals surface area contributed by atoms with Crippen LogP contribution in [0.5, 0.6) is 5.75 Å². The molecule has 3 N–H and O–H groups in total. The summed E-state index contributed by atoms with van der Waals surface area (Å²) in [6, 6.07) is 20.2. The molecule has 9 heteroatoms. The van der Waals surface area contributed by atoms with Crippen LogP contribution in [0.15, 0.2) is 72.9 Å². The molecule has 3 aromatic carbocycles. The SMILES string of the molecule is COc1ccc2c(c1)c(C[C@H](NC(=O)OCC1c3ccccc3-c3ccccc31)C(=O)O)cn2C[C@@H](O)OC(C)(C)C. The molecular formula is C33H36N2O7. The van der Waals surface area contributed by atoms with Crippen molar-refractivity contribution in [2.24, 2.45) is 0 Å². The number of fused-ring (bicyclic) bond motifs is 4. The van der Waals surface area contributed by atoms with Crippen molar-refractivity contribution in [1.29, 1.82) is 0 Å². The molecule has 1 amide bonds. The molecule has 0 unspecified atom stereocenters. The first-order chi connectivity index (χ1) is 20.0. The quantitative estimate of drug-likeness (QED) is 0.220. The molecule has 2 atom stereocenters. The Morgan fingerprint density at radius 2 is 1.64 bits per heavy atom. The van der Waals surface area contributed by atoms with Crippen molar-refractivity contribution in [3.05, 3.63) is 89.6 Å². The van der Waals surface area contributed by atoms with Crippen LogP contribution in [0.1, 0.15) is 43.4 Å². The minimum absolute atomic E-state index is 0.00752. The van der Waals surface area contributed by atoms with E-state index in [9.17, 15) is 19.8 Å². The van der Waals surface area contributed by atoms with Gasteiger partial charge in [-0.05, 0) is 66.8 Å². The van der Waals surface area contributed by atoms with Gasteiger partial charge in [-0.25, -0.2) is 9.59 Å². The van der Waals surface area contributed by atoms with Gasteiger partial charge < -0.3 is 34.3 Å². The Bertz CT molecular complexity index is 1560. The van der Waals surface area contributed by atoms with Crippen LogP contribution in [-0.4, -0.2) is 58.5 Å². The molecular weight excluding hydrogens is 536 g/mol. The number of carbonyl (C=O) groups excluding carboxylic acids is 1. The number of hydrogen-bond donors (Lipinski definition) is 3. The van der Waals surface area contributed by atoms with Crippen molar-refractivity contribution in [1.82, 2.24) is 9.88 Å². The Hall–Kier alpha value is -4.34. The molecule has 0 fully saturated rings. The number of amides is 1. The number of carboxylic acids is 1. The van der Waals surface area contributed by atoms with E-state index in [-0.39, 0.29) is 25.5 Å². The maximum Gasteiger partial charge on any atom is 0.407 e. The van der Waals surface area contributed by atoms with Gasteiger partial charge in [-0.1, -0.05) is 48.5 Å². The Balaban J connectivity index is 1.32. The van der Waals surface area contributed by atoms with Crippen LogP contribution in [-0.2, 0) is 27.2 Å². The molecule has 1 aliphatic rings. The highest BCUT2D eigenvalue weighted by molar-refractivity contribution is 5.87. The summed E-state index contributed by atoms with van der Waals surface area (Å²) in [5, 5.41) is 23.8. The van der Waals surface area contributed by atoms with Crippen molar-refractivity contribution >= 4 is 23.0 Å². The second kappa shape index (κ2) is 11.9. The van der Waals surface area contributed by atoms with E-state index in [1.807, 2.05) is 86.0 Å². The molecule has 42 heavy (non-hydrogen) atoms. The summed E-state index contributed by atoms with van der Waals surface area (Å²) >= 11 is 0. The van der Waals surface area contributed by atoms with Crippen LogP contribution < -0.4 is 10.1 Å². The second-order valence-electron chi connectivity index (χ2n) is 11.4. The van der Waals surface area contributed by atoms with E-state index >= 15 is 0 Å². The first-order valence-electron chi connectivity index (χ1n) is 13.9. The average Bonchev–Trinajstić information content (AvgIpc) is 3.44. The third-order valence-corrected chi connectivity index (χ3v) is 7.37. The molecule has 220 valence electrons. The normalized spacial score (nSPS) is 14.2.